The molecule has 1 saturated carbocycles. The van der Waals surface area contributed by atoms with Gasteiger partial charge in [0.25, 0.3) is 0 Å². The van der Waals surface area contributed by atoms with Crippen molar-refractivity contribution >= 4 is 38.6 Å². The lowest BCUT2D eigenvalue weighted by Crippen LogP contribution is -2.09. The Morgan fingerprint density at radius 2 is 2.11 bits per heavy atom. The largest absolute Gasteiger partial charge is 0.327 e. The van der Waals surface area contributed by atoms with Crippen LogP contribution in [0.2, 0.25) is 0 Å². The number of imidazole rings is 1. The second kappa shape index (κ2) is 5.22. The maximum absolute atomic E-state index is 6.03. The van der Waals surface area contributed by atoms with Crippen molar-refractivity contribution in [1.82, 2.24) is 9.55 Å². The Balaban J connectivity index is 2.03. The molecule has 0 bridgehead atoms. The first-order chi connectivity index (χ1) is 8.78. The van der Waals surface area contributed by atoms with Crippen molar-refractivity contribution in [3.63, 3.8) is 0 Å². The Kier molecular flexibility index (Phi) is 3.62. The van der Waals surface area contributed by atoms with Crippen molar-refractivity contribution < 1.29 is 0 Å². The smallest absolute Gasteiger partial charge is 0.124 e. The summed E-state index contributed by atoms with van der Waals surface area (Å²) >= 11 is 9.57. The summed E-state index contributed by atoms with van der Waals surface area (Å²) in [5.41, 5.74) is 2.25. The van der Waals surface area contributed by atoms with Gasteiger partial charge in [-0.15, -0.1) is 11.6 Å². The Hall–Kier alpha value is -0.540. The molecule has 0 amide bonds. The van der Waals surface area contributed by atoms with E-state index in [0.717, 1.165) is 28.3 Å². The van der Waals surface area contributed by atoms with Crippen LogP contribution in [0.3, 0.4) is 0 Å². The number of nitrogens with zero attached hydrogens (tertiary/aromatic N) is 2. The summed E-state index contributed by atoms with van der Waals surface area (Å²) in [7, 11) is 0. The molecule has 2 nitrogen and oxygen atoms in total. The average molecular weight is 328 g/mol. The van der Waals surface area contributed by atoms with Gasteiger partial charge in [0.15, 0.2) is 0 Å². The first-order valence-corrected chi connectivity index (χ1v) is 7.81. The maximum Gasteiger partial charge on any atom is 0.124 e. The van der Waals surface area contributed by atoms with E-state index in [4.69, 9.17) is 11.6 Å². The summed E-state index contributed by atoms with van der Waals surface area (Å²) < 4.78 is 3.41. The monoisotopic (exact) mass is 326 g/mol. The van der Waals surface area contributed by atoms with Crippen molar-refractivity contribution in [3.05, 3.63) is 28.5 Å². The molecule has 2 aromatic rings. The lowest BCUT2D eigenvalue weighted by Gasteiger charge is -2.13. The van der Waals surface area contributed by atoms with Crippen LogP contribution in [0.15, 0.2) is 22.7 Å². The van der Waals surface area contributed by atoms with Crippen LogP contribution in [0.4, 0.5) is 0 Å². The highest BCUT2D eigenvalue weighted by molar-refractivity contribution is 9.10. The molecule has 1 heterocycles. The molecule has 1 aromatic carbocycles. The molecule has 0 aliphatic heterocycles. The van der Waals surface area contributed by atoms with E-state index in [1.807, 2.05) is 6.07 Å². The third-order valence-corrected chi connectivity index (χ3v) is 4.56. The van der Waals surface area contributed by atoms with Gasteiger partial charge in [-0.25, -0.2) is 4.98 Å². The summed E-state index contributed by atoms with van der Waals surface area (Å²) in [6.07, 6.45) is 5.43. The fourth-order valence-corrected chi connectivity index (χ4v) is 3.46. The van der Waals surface area contributed by atoms with Crippen LogP contribution in [0, 0.1) is 5.92 Å². The average Bonchev–Trinajstić information content (AvgIpc) is 2.98. The van der Waals surface area contributed by atoms with Gasteiger partial charge in [-0.2, -0.15) is 0 Å². The predicted octanol–water partition coefficient (Wildman–Crippen LogP) is 4.73. The first kappa shape index (κ1) is 12.5. The zero-order chi connectivity index (χ0) is 12.5. The molecule has 1 fully saturated rings. The topological polar surface area (TPSA) is 17.8 Å². The van der Waals surface area contributed by atoms with Gasteiger partial charge in [0, 0.05) is 11.0 Å². The Bertz CT molecular complexity index is 558. The fraction of sp³-hybridized carbons (Fsp3) is 0.500. The highest BCUT2D eigenvalue weighted by atomic mass is 79.9. The van der Waals surface area contributed by atoms with E-state index in [0.29, 0.717) is 5.88 Å². The molecule has 96 valence electrons. The molecular weight excluding hydrogens is 312 g/mol. The standard InChI is InChI=1S/C14H16BrClN2/c15-11-5-6-12-13(7-11)18(14(8-16)17-12)9-10-3-1-2-4-10/h5-7,10H,1-4,8-9H2. The number of aromatic nitrogens is 2. The van der Waals surface area contributed by atoms with Gasteiger partial charge in [-0.1, -0.05) is 28.8 Å². The molecule has 4 heteroatoms. The molecule has 0 spiro atoms. The molecule has 1 aliphatic rings. The molecule has 0 N–H and O–H groups in total. The Labute approximate surface area is 120 Å². The molecular formula is C14H16BrClN2. The van der Waals surface area contributed by atoms with Crippen molar-refractivity contribution in [3.8, 4) is 0 Å². The highest BCUT2D eigenvalue weighted by Gasteiger charge is 2.18. The Morgan fingerprint density at radius 3 is 2.83 bits per heavy atom. The van der Waals surface area contributed by atoms with E-state index in [-0.39, 0.29) is 0 Å². The maximum atomic E-state index is 6.03. The van der Waals surface area contributed by atoms with Gasteiger partial charge in [0.2, 0.25) is 0 Å². The van der Waals surface area contributed by atoms with E-state index in [9.17, 15) is 0 Å². The summed E-state index contributed by atoms with van der Waals surface area (Å²) in [4.78, 5) is 4.62. The number of fused-ring (bicyclic) bond motifs is 1. The minimum atomic E-state index is 0.485. The van der Waals surface area contributed by atoms with Crippen LogP contribution in [0.1, 0.15) is 31.5 Å². The van der Waals surface area contributed by atoms with Gasteiger partial charge in [0.1, 0.15) is 5.82 Å². The minimum Gasteiger partial charge on any atom is -0.327 e. The number of rotatable bonds is 3. The molecule has 1 aliphatic carbocycles. The van der Waals surface area contributed by atoms with Crippen LogP contribution in [-0.4, -0.2) is 9.55 Å². The Morgan fingerprint density at radius 1 is 1.33 bits per heavy atom. The van der Waals surface area contributed by atoms with Crippen LogP contribution < -0.4 is 0 Å². The first-order valence-electron chi connectivity index (χ1n) is 6.48. The SMILES string of the molecule is ClCc1nc2ccc(Br)cc2n1CC1CCCC1. The third-order valence-electron chi connectivity index (χ3n) is 3.82. The molecule has 18 heavy (non-hydrogen) atoms. The molecule has 3 rings (SSSR count). The number of benzene rings is 1. The molecule has 0 unspecified atom stereocenters. The van der Waals surface area contributed by atoms with Gasteiger partial charge < -0.3 is 4.57 Å². The van der Waals surface area contributed by atoms with E-state index in [1.54, 1.807) is 0 Å². The number of alkyl halides is 1. The third kappa shape index (κ3) is 2.30. The normalized spacial score (nSPS) is 16.8. The number of halogens is 2. The fourth-order valence-electron chi connectivity index (χ4n) is 2.90. The number of hydrogen-bond acceptors (Lipinski definition) is 1. The van der Waals surface area contributed by atoms with Gasteiger partial charge in [-0.05, 0) is 37.0 Å². The molecule has 0 atom stereocenters. The zero-order valence-electron chi connectivity index (χ0n) is 10.2. The quantitative estimate of drug-likeness (QED) is 0.745. The van der Waals surface area contributed by atoms with Gasteiger partial charge in [-0.3, -0.25) is 0 Å². The van der Waals surface area contributed by atoms with E-state index >= 15 is 0 Å². The second-order valence-corrected chi connectivity index (χ2v) is 6.24. The molecule has 1 aromatic heterocycles. The van der Waals surface area contributed by atoms with Crippen molar-refractivity contribution in [1.29, 1.82) is 0 Å². The zero-order valence-corrected chi connectivity index (χ0v) is 12.5. The number of hydrogen-bond donors (Lipinski definition) is 0. The minimum absolute atomic E-state index is 0.485. The van der Waals surface area contributed by atoms with Crippen molar-refractivity contribution in [2.24, 2.45) is 5.92 Å². The van der Waals surface area contributed by atoms with Gasteiger partial charge in [0.05, 0.1) is 16.9 Å². The summed E-state index contributed by atoms with van der Waals surface area (Å²) in [5.74, 6) is 2.28. The van der Waals surface area contributed by atoms with Crippen LogP contribution in [-0.2, 0) is 12.4 Å². The van der Waals surface area contributed by atoms with E-state index in [1.165, 1.54) is 31.2 Å². The van der Waals surface area contributed by atoms with Crippen LogP contribution in [0.5, 0.6) is 0 Å². The van der Waals surface area contributed by atoms with Crippen molar-refractivity contribution in [2.75, 3.05) is 0 Å². The predicted molar refractivity (Wildman–Crippen MR) is 78.9 cm³/mol. The van der Waals surface area contributed by atoms with E-state index in [2.05, 4.69) is 37.6 Å². The lowest BCUT2D eigenvalue weighted by atomic mass is 10.1. The summed E-state index contributed by atoms with van der Waals surface area (Å²) in [6, 6.07) is 6.24. The summed E-state index contributed by atoms with van der Waals surface area (Å²) in [6.45, 7) is 1.06. The molecule has 0 radical (unpaired) electrons. The van der Waals surface area contributed by atoms with Crippen LogP contribution in [0.25, 0.3) is 11.0 Å². The van der Waals surface area contributed by atoms with Crippen molar-refractivity contribution in [2.45, 2.75) is 38.1 Å². The lowest BCUT2D eigenvalue weighted by molar-refractivity contribution is 0.457. The van der Waals surface area contributed by atoms with E-state index < -0.39 is 0 Å². The van der Waals surface area contributed by atoms with Gasteiger partial charge >= 0.3 is 0 Å². The second-order valence-electron chi connectivity index (χ2n) is 5.06. The molecule has 0 saturated heterocycles. The highest BCUT2D eigenvalue weighted by Crippen LogP contribution is 2.29. The van der Waals surface area contributed by atoms with Crippen LogP contribution >= 0.6 is 27.5 Å². The summed E-state index contributed by atoms with van der Waals surface area (Å²) in [5, 5.41) is 0.